The van der Waals surface area contributed by atoms with Crippen molar-refractivity contribution in [2.45, 2.75) is 56.2 Å². The molecular weight excluding hydrogens is 258 g/mol. The summed E-state index contributed by atoms with van der Waals surface area (Å²) in [7, 11) is 0. The summed E-state index contributed by atoms with van der Waals surface area (Å²) in [5.74, 6) is 0. The first-order valence-electron chi connectivity index (χ1n) is 8.16. The molecule has 0 aliphatic carbocycles. The Bertz CT molecular complexity index is 639. The van der Waals surface area contributed by atoms with Gasteiger partial charge >= 0.3 is 0 Å². The summed E-state index contributed by atoms with van der Waals surface area (Å²) in [6.07, 6.45) is 6.33. The molecule has 4 rings (SSSR count). The summed E-state index contributed by atoms with van der Waals surface area (Å²) in [6.45, 7) is 0. The molecule has 0 saturated carbocycles. The third kappa shape index (κ3) is 2.70. The van der Waals surface area contributed by atoms with E-state index in [9.17, 15) is 5.11 Å². The Morgan fingerprint density at radius 1 is 1.00 bits per heavy atom. The van der Waals surface area contributed by atoms with Crippen LogP contribution in [0.15, 0.2) is 42.5 Å². The van der Waals surface area contributed by atoms with Crippen LogP contribution in [0.25, 0.3) is 10.8 Å². The molecule has 2 heteroatoms. The molecule has 2 saturated heterocycles. The highest BCUT2D eigenvalue weighted by molar-refractivity contribution is 5.83. The smallest absolute Gasteiger partial charge is 0.0717 e. The van der Waals surface area contributed by atoms with Crippen molar-refractivity contribution in [1.82, 2.24) is 5.32 Å². The zero-order valence-corrected chi connectivity index (χ0v) is 12.4. The molecule has 0 radical (unpaired) electrons. The van der Waals surface area contributed by atoms with Crippen molar-refractivity contribution in [2.75, 3.05) is 0 Å². The maximum absolute atomic E-state index is 11.1. The van der Waals surface area contributed by atoms with Gasteiger partial charge in [0.15, 0.2) is 0 Å². The van der Waals surface area contributed by atoms with Gasteiger partial charge in [0.1, 0.15) is 0 Å². The molecule has 2 nitrogen and oxygen atoms in total. The number of benzene rings is 2. The van der Waals surface area contributed by atoms with Gasteiger partial charge in [0, 0.05) is 18.5 Å². The van der Waals surface area contributed by atoms with Crippen molar-refractivity contribution >= 4 is 10.8 Å². The van der Waals surface area contributed by atoms with E-state index in [4.69, 9.17) is 0 Å². The Hall–Kier alpha value is -1.38. The average molecular weight is 281 g/mol. The molecule has 2 unspecified atom stereocenters. The normalized spacial score (nSPS) is 32.2. The number of hydrogen-bond acceptors (Lipinski definition) is 2. The zero-order chi connectivity index (χ0) is 14.3. The molecule has 2 bridgehead atoms. The predicted octanol–water partition coefficient (Wildman–Crippen LogP) is 3.42. The van der Waals surface area contributed by atoms with Gasteiger partial charge in [-0.15, -0.1) is 0 Å². The summed E-state index contributed by atoms with van der Waals surface area (Å²) in [5.41, 5.74) is 0.736. The van der Waals surface area contributed by atoms with Crippen molar-refractivity contribution in [1.29, 1.82) is 0 Å². The van der Waals surface area contributed by atoms with Crippen LogP contribution in [0.2, 0.25) is 0 Å². The lowest BCUT2D eigenvalue weighted by Gasteiger charge is -2.45. The van der Waals surface area contributed by atoms with Gasteiger partial charge in [0.2, 0.25) is 0 Å². The van der Waals surface area contributed by atoms with Crippen molar-refractivity contribution < 1.29 is 5.11 Å². The first kappa shape index (κ1) is 13.3. The molecule has 2 aliphatic rings. The lowest BCUT2D eigenvalue weighted by atomic mass is 9.74. The molecule has 0 amide bonds. The standard InChI is InChI=1S/C19H23NO/c21-19(12-17-6-3-7-18(13-19)20-17)11-14-8-9-15-4-1-2-5-16(15)10-14/h1-2,4-5,8-10,17-18,20-21H,3,6-7,11-13H2. The summed E-state index contributed by atoms with van der Waals surface area (Å²) in [5, 5.41) is 17.3. The molecule has 2 aromatic carbocycles. The van der Waals surface area contributed by atoms with Crippen LogP contribution in [-0.4, -0.2) is 22.8 Å². The van der Waals surface area contributed by atoms with E-state index in [0.717, 1.165) is 19.3 Å². The van der Waals surface area contributed by atoms with Gasteiger partial charge < -0.3 is 10.4 Å². The number of nitrogens with one attached hydrogen (secondary N) is 1. The van der Waals surface area contributed by atoms with Crippen LogP contribution in [0.3, 0.4) is 0 Å². The van der Waals surface area contributed by atoms with Crippen LogP contribution in [-0.2, 0) is 6.42 Å². The second-order valence-electron chi connectivity index (χ2n) is 6.98. The van der Waals surface area contributed by atoms with E-state index in [0.29, 0.717) is 12.1 Å². The Kier molecular flexibility index (Phi) is 3.24. The molecule has 2 aliphatic heterocycles. The monoisotopic (exact) mass is 281 g/mol. The SMILES string of the molecule is OC1(Cc2ccc3ccccc3c2)CC2CCCC(C1)N2. The van der Waals surface area contributed by atoms with Crippen molar-refractivity contribution in [3.8, 4) is 0 Å². The van der Waals surface area contributed by atoms with Crippen molar-refractivity contribution in [3.05, 3.63) is 48.0 Å². The third-order valence-electron chi connectivity index (χ3n) is 5.18. The van der Waals surface area contributed by atoms with Gasteiger partial charge in [-0.05, 0) is 42.0 Å². The minimum atomic E-state index is -0.524. The van der Waals surface area contributed by atoms with Crippen LogP contribution in [0, 0.1) is 0 Å². The van der Waals surface area contributed by atoms with Crippen molar-refractivity contribution in [2.24, 2.45) is 0 Å². The maximum Gasteiger partial charge on any atom is 0.0717 e. The Balaban J connectivity index is 1.58. The van der Waals surface area contributed by atoms with Gasteiger partial charge in [-0.1, -0.05) is 48.9 Å². The van der Waals surface area contributed by atoms with E-state index in [-0.39, 0.29) is 0 Å². The van der Waals surface area contributed by atoms with E-state index in [1.807, 2.05) is 0 Å². The van der Waals surface area contributed by atoms with Crippen LogP contribution in [0.4, 0.5) is 0 Å². The van der Waals surface area contributed by atoms with E-state index >= 15 is 0 Å². The van der Waals surface area contributed by atoms with Crippen LogP contribution in [0.5, 0.6) is 0 Å². The number of fused-ring (bicyclic) bond motifs is 3. The molecular formula is C19H23NO. The predicted molar refractivity (Wildman–Crippen MR) is 86.4 cm³/mol. The molecule has 2 fully saturated rings. The lowest BCUT2D eigenvalue weighted by molar-refractivity contribution is -0.0302. The number of hydrogen-bond donors (Lipinski definition) is 2. The fourth-order valence-corrected chi connectivity index (χ4v) is 4.31. The first-order chi connectivity index (χ1) is 10.2. The topological polar surface area (TPSA) is 32.3 Å². The maximum atomic E-state index is 11.1. The fraction of sp³-hybridized carbons (Fsp3) is 0.474. The molecule has 2 N–H and O–H groups in total. The van der Waals surface area contributed by atoms with E-state index in [1.54, 1.807) is 0 Å². The third-order valence-corrected chi connectivity index (χ3v) is 5.18. The number of aliphatic hydroxyl groups is 1. The van der Waals surface area contributed by atoms with E-state index in [2.05, 4.69) is 47.8 Å². The summed E-state index contributed by atoms with van der Waals surface area (Å²) in [4.78, 5) is 0. The first-order valence-corrected chi connectivity index (χ1v) is 8.16. The summed E-state index contributed by atoms with van der Waals surface area (Å²) in [6, 6.07) is 16.1. The van der Waals surface area contributed by atoms with Crippen LogP contribution in [0.1, 0.15) is 37.7 Å². The second-order valence-corrected chi connectivity index (χ2v) is 6.98. The highest BCUT2D eigenvalue weighted by Gasteiger charge is 2.40. The Morgan fingerprint density at radius 2 is 1.71 bits per heavy atom. The molecule has 110 valence electrons. The number of piperidine rings is 2. The minimum absolute atomic E-state index is 0.517. The Labute approximate surface area is 126 Å². The average Bonchev–Trinajstić information content (AvgIpc) is 2.46. The Morgan fingerprint density at radius 3 is 2.48 bits per heavy atom. The van der Waals surface area contributed by atoms with Crippen molar-refractivity contribution in [3.63, 3.8) is 0 Å². The molecule has 0 aromatic heterocycles. The molecule has 2 aromatic rings. The second kappa shape index (κ2) is 5.11. The summed E-state index contributed by atoms with van der Waals surface area (Å²) < 4.78 is 0. The molecule has 2 heterocycles. The fourth-order valence-electron chi connectivity index (χ4n) is 4.31. The highest BCUT2D eigenvalue weighted by Crippen LogP contribution is 2.35. The molecule has 0 spiro atoms. The zero-order valence-electron chi connectivity index (χ0n) is 12.4. The minimum Gasteiger partial charge on any atom is -0.389 e. The number of rotatable bonds is 2. The molecule has 21 heavy (non-hydrogen) atoms. The summed E-state index contributed by atoms with van der Waals surface area (Å²) >= 11 is 0. The van der Waals surface area contributed by atoms with Gasteiger partial charge in [0.25, 0.3) is 0 Å². The van der Waals surface area contributed by atoms with Gasteiger partial charge in [-0.25, -0.2) is 0 Å². The van der Waals surface area contributed by atoms with Gasteiger partial charge in [-0.3, -0.25) is 0 Å². The van der Waals surface area contributed by atoms with Gasteiger partial charge in [0.05, 0.1) is 5.60 Å². The van der Waals surface area contributed by atoms with Crippen LogP contribution >= 0.6 is 0 Å². The highest BCUT2D eigenvalue weighted by atomic mass is 16.3. The van der Waals surface area contributed by atoms with E-state index < -0.39 is 5.60 Å². The lowest BCUT2D eigenvalue weighted by Crippen LogP contribution is -2.56. The molecule has 2 atom stereocenters. The van der Waals surface area contributed by atoms with Crippen LogP contribution < -0.4 is 5.32 Å². The van der Waals surface area contributed by atoms with Gasteiger partial charge in [-0.2, -0.15) is 0 Å². The van der Waals surface area contributed by atoms with E-state index in [1.165, 1.54) is 35.6 Å². The largest absolute Gasteiger partial charge is 0.389 e. The quantitative estimate of drug-likeness (QED) is 0.884.